The van der Waals surface area contributed by atoms with Crippen molar-refractivity contribution in [3.8, 4) is 6.07 Å². The van der Waals surface area contributed by atoms with E-state index in [1.54, 1.807) is 0 Å². The maximum Gasteiger partial charge on any atom is 0.103 e. The van der Waals surface area contributed by atoms with Crippen LogP contribution >= 0.6 is 11.8 Å². The van der Waals surface area contributed by atoms with Crippen LogP contribution < -0.4 is 5.32 Å². The SMILES string of the molecule is CCNC(C)(C#N)CCCSC1CCCC1. The molecule has 0 aromatic heterocycles. The van der Waals surface area contributed by atoms with E-state index in [0.717, 1.165) is 24.6 Å². The first-order chi connectivity index (χ1) is 7.70. The Labute approximate surface area is 104 Å². The Morgan fingerprint density at radius 3 is 2.69 bits per heavy atom. The number of rotatable bonds is 7. The number of nitriles is 1. The Bertz CT molecular complexity index is 231. The van der Waals surface area contributed by atoms with Gasteiger partial charge in [0.1, 0.15) is 5.54 Å². The summed E-state index contributed by atoms with van der Waals surface area (Å²) in [7, 11) is 0. The summed E-state index contributed by atoms with van der Waals surface area (Å²) in [6.45, 7) is 4.94. The molecule has 1 fully saturated rings. The summed E-state index contributed by atoms with van der Waals surface area (Å²) in [4.78, 5) is 0. The highest BCUT2D eigenvalue weighted by molar-refractivity contribution is 7.99. The predicted octanol–water partition coefficient (Wildman–Crippen LogP) is 3.33. The Morgan fingerprint density at radius 1 is 1.44 bits per heavy atom. The van der Waals surface area contributed by atoms with Gasteiger partial charge in [-0.15, -0.1) is 0 Å². The van der Waals surface area contributed by atoms with Crippen molar-refractivity contribution in [2.24, 2.45) is 0 Å². The lowest BCUT2D eigenvalue weighted by molar-refractivity contribution is 0.426. The predicted molar refractivity (Wildman–Crippen MR) is 71.6 cm³/mol. The first kappa shape index (κ1) is 13.9. The fourth-order valence-corrected chi connectivity index (χ4v) is 3.62. The van der Waals surface area contributed by atoms with Gasteiger partial charge in [0.2, 0.25) is 0 Å². The van der Waals surface area contributed by atoms with E-state index in [-0.39, 0.29) is 5.54 Å². The molecule has 0 spiro atoms. The fraction of sp³-hybridized carbons (Fsp3) is 0.923. The van der Waals surface area contributed by atoms with Gasteiger partial charge in [-0.25, -0.2) is 0 Å². The fourth-order valence-electron chi connectivity index (χ4n) is 2.30. The zero-order valence-corrected chi connectivity index (χ0v) is 11.4. The molecule has 0 bridgehead atoms. The van der Waals surface area contributed by atoms with Crippen LogP contribution in [0.3, 0.4) is 0 Å². The molecule has 1 saturated carbocycles. The number of nitrogens with one attached hydrogen (secondary N) is 1. The molecule has 2 nitrogen and oxygen atoms in total. The van der Waals surface area contributed by atoms with E-state index in [1.807, 2.05) is 6.92 Å². The second-order valence-electron chi connectivity index (χ2n) is 4.86. The molecule has 1 rings (SSSR count). The molecule has 1 unspecified atom stereocenters. The minimum Gasteiger partial charge on any atom is -0.300 e. The molecule has 1 N–H and O–H groups in total. The zero-order chi connectivity index (χ0) is 11.9. The lowest BCUT2D eigenvalue weighted by Crippen LogP contribution is -2.40. The third-order valence-corrected chi connectivity index (χ3v) is 4.76. The first-order valence-corrected chi connectivity index (χ1v) is 7.53. The van der Waals surface area contributed by atoms with Gasteiger partial charge in [0.05, 0.1) is 6.07 Å². The summed E-state index contributed by atoms with van der Waals surface area (Å²) >= 11 is 2.12. The normalized spacial score (nSPS) is 20.6. The van der Waals surface area contributed by atoms with Crippen LogP contribution in [-0.4, -0.2) is 23.1 Å². The largest absolute Gasteiger partial charge is 0.300 e. The van der Waals surface area contributed by atoms with Crippen LogP contribution in [0.5, 0.6) is 0 Å². The lowest BCUT2D eigenvalue weighted by atomic mass is 9.98. The molecule has 0 heterocycles. The van der Waals surface area contributed by atoms with Crippen LogP contribution in [0.25, 0.3) is 0 Å². The van der Waals surface area contributed by atoms with Crippen molar-refractivity contribution in [1.29, 1.82) is 5.26 Å². The molecule has 3 heteroatoms. The van der Waals surface area contributed by atoms with E-state index in [9.17, 15) is 0 Å². The molecule has 0 amide bonds. The van der Waals surface area contributed by atoms with Crippen molar-refractivity contribution >= 4 is 11.8 Å². The lowest BCUT2D eigenvalue weighted by Gasteiger charge is -2.22. The van der Waals surface area contributed by atoms with Crippen LogP contribution in [0.2, 0.25) is 0 Å². The van der Waals surface area contributed by atoms with Crippen LogP contribution in [0.1, 0.15) is 52.4 Å². The number of hydrogen-bond acceptors (Lipinski definition) is 3. The van der Waals surface area contributed by atoms with Crippen LogP contribution in [-0.2, 0) is 0 Å². The van der Waals surface area contributed by atoms with Crippen molar-refractivity contribution in [2.45, 2.75) is 63.2 Å². The monoisotopic (exact) mass is 240 g/mol. The van der Waals surface area contributed by atoms with E-state index in [2.05, 4.69) is 30.1 Å². The van der Waals surface area contributed by atoms with Crippen molar-refractivity contribution in [3.63, 3.8) is 0 Å². The summed E-state index contributed by atoms with van der Waals surface area (Å²) in [6, 6.07) is 2.39. The Kier molecular flexibility index (Phi) is 6.23. The third-order valence-electron chi connectivity index (χ3n) is 3.29. The summed E-state index contributed by atoms with van der Waals surface area (Å²) in [5.74, 6) is 1.22. The molecule has 0 aromatic rings. The van der Waals surface area contributed by atoms with Crippen molar-refractivity contribution in [3.05, 3.63) is 0 Å². The second-order valence-corrected chi connectivity index (χ2v) is 6.26. The molecule has 1 aliphatic rings. The van der Waals surface area contributed by atoms with Gasteiger partial charge in [-0.1, -0.05) is 19.8 Å². The van der Waals surface area contributed by atoms with Gasteiger partial charge in [0, 0.05) is 5.25 Å². The van der Waals surface area contributed by atoms with Crippen LogP contribution in [0, 0.1) is 11.3 Å². The van der Waals surface area contributed by atoms with Gasteiger partial charge in [0.15, 0.2) is 0 Å². The summed E-state index contributed by atoms with van der Waals surface area (Å²) in [5.41, 5.74) is -0.314. The number of thioether (sulfide) groups is 1. The van der Waals surface area contributed by atoms with Crippen molar-refractivity contribution in [1.82, 2.24) is 5.32 Å². The second kappa shape index (κ2) is 7.19. The molecule has 0 aromatic carbocycles. The van der Waals surface area contributed by atoms with Crippen molar-refractivity contribution < 1.29 is 0 Å². The maximum absolute atomic E-state index is 9.11. The molecule has 1 aliphatic carbocycles. The summed E-state index contributed by atoms with van der Waals surface area (Å²) < 4.78 is 0. The average Bonchev–Trinajstić information content (AvgIpc) is 2.78. The number of nitrogens with zero attached hydrogens (tertiary/aromatic N) is 1. The van der Waals surface area contributed by atoms with E-state index < -0.39 is 0 Å². The highest BCUT2D eigenvalue weighted by Gasteiger charge is 2.22. The summed E-state index contributed by atoms with van der Waals surface area (Å²) in [5, 5.41) is 13.3. The van der Waals surface area contributed by atoms with Gasteiger partial charge < -0.3 is 0 Å². The van der Waals surface area contributed by atoms with Crippen LogP contribution in [0.15, 0.2) is 0 Å². The Morgan fingerprint density at radius 2 is 2.12 bits per heavy atom. The molecule has 0 radical (unpaired) electrons. The van der Waals surface area contributed by atoms with E-state index in [0.29, 0.717) is 0 Å². The van der Waals surface area contributed by atoms with E-state index >= 15 is 0 Å². The zero-order valence-electron chi connectivity index (χ0n) is 10.6. The molecule has 0 aliphatic heterocycles. The molecule has 16 heavy (non-hydrogen) atoms. The van der Waals surface area contributed by atoms with E-state index in [4.69, 9.17) is 5.26 Å². The molecular formula is C13H24N2S. The van der Waals surface area contributed by atoms with Gasteiger partial charge in [0.25, 0.3) is 0 Å². The Hall–Kier alpha value is -0.200. The van der Waals surface area contributed by atoms with Crippen molar-refractivity contribution in [2.75, 3.05) is 12.3 Å². The van der Waals surface area contributed by atoms with Gasteiger partial charge in [-0.05, 0) is 44.9 Å². The third kappa shape index (κ3) is 4.76. The van der Waals surface area contributed by atoms with E-state index in [1.165, 1.54) is 31.4 Å². The average molecular weight is 240 g/mol. The van der Waals surface area contributed by atoms with Crippen LogP contribution in [0.4, 0.5) is 0 Å². The van der Waals surface area contributed by atoms with Gasteiger partial charge in [-0.3, -0.25) is 5.32 Å². The minimum atomic E-state index is -0.314. The highest BCUT2D eigenvalue weighted by atomic mass is 32.2. The minimum absolute atomic E-state index is 0.314. The smallest absolute Gasteiger partial charge is 0.103 e. The standard InChI is InChI=1S/C13H24N2S/c1-3-15-13(2,11-14)9-6-10-16-12-7-4-5-8-12/h12,15H,3-10H2,1-2H3. The van der Waals surface area contributed by atoms with Gasteiger partial charge in [-0.2, -0.15) is 17.0 Å². The maximum atomic E-state index is 9.11. The summed E-state index contributed by atoms with van der Waals surface area (Å²) in [6.07, 6.45) is 7.78. The molecular weight excluding hydrogens is 216 g/mol. The highest BCUT2D eigenvalue weighted by Crippen LogP contribution is 2.30. The molecule has 1 atom stereocenters. The Balaban J connectivity index is 2.11. The topological polar surface area (TPSA) is 35.8 Å². The number of hydrogen-bond donors (Lipinski definition) is 1. The molecule has 0 saturated heterocycles. The quantitative estimate of drug-likeness (QED) is 0.693. The van der Waals surface area contributed by atoms with Gasteiger partial charge >= 0.3 is 0 Å². The molecule has 92 valence electrons. The first-order valence-electron chi connectivity index (χ1n) is 6.48.